The summed E-state index contributed by atoms with van der Waals surface area (Å²) in [6.07, 6.45) is 20.2. The van der Waals surface area contributed by atoms with Crippen LogP contribution in [0.2, 0.25) is 0 Å². The number of unbranched alkanes of at least 4 members (excludes halogenated alkanes) is 11. The lowest BCUT2D eigenvalue weighted by Crippen LogP contribution is -2.44. The van der Waals surface area contributed by atoms with E-state index in [0.29, 0.717) is 0 Å². The molecule has 0 aromatic carbocycles. The molecule has 1 heteroatoms. The van der Waals surface area contributed by atoms with E-state index in [-0.39, 0.29) is 0 Å². The third-order valence-corrected chi connectivity index (χ3v) is 7.52. The van der Waals surface area contributed by atoms with E-state index in [1.54, 1.807) is 0 Å². The van der Waals surface area contributed by atoms with Crippen molar-refractivity contribution in [1.82, 2.24) is 4.90 Å². The first kappa shape index (κ1) is 34.1. The van der Waals surface area contributed by atoms with Crippen LogP contribution in [-0.2, 0) is 0 Å². The minimum atomic E-state index is 0.754. The fourth-order valence-corrected chi connectivity index (χ4v) is 5.58. The Morgan fingerprint density at radius 3 is 1.31 bits per heavy atom. The molecule has 196 valence electrons. The second kappa shape index (κ2) is 24.1. The van der Waals surface area contributed by atoms with E-state index < -0.39 is 0 Å². The van der Waals surface area contributed by atoms with Gasteiger partial charge < -0.3 is 4.90 Å². The standard InChI is InChI=1S/C29H61N.C2H6/c1-9-12-13-14-15-16-17-18-19-20-21-22-23-28(26(6)7)27(8)29(24-25(4)5)30(10-2)11-3;1-2/h25-29H,9-24H2,1-8H3;1-2H3. The molecule has 32 heavy (non-hydrogen) atoms. The Bertz CT molecular complexity index is 344. The van der Waals surface area contributed by atoms with Gasteiger partial charge in [0.05, 0.1) is 0 Å². The molecular weight excluding hydrogens is 386 g/mol. The fraction of sp³-hybridized carbons (Fsp3) is 1.00. The maximum Gasteiger partial charge on any atom is 0.0126 e. The van der Waals surface area contributed by atoms with Crippen molar-refractivity contribution in [3.63, 3.8) is 0 Å². The predicted octanol–water partition coefficient (Wildman–Crippen LogP) is 10.8. The Morgan fingerprint density at radius 1 is 0.562 bits per heavy atom. The molecule has 0 heterocycles. The van der Waals surface area contributed by atoms with E-state index >= 15 is 0 Å². The largest absolute Gasteiger partial charge is 0.301 e. The van der Waals surface area contributed by atoms with Gasteiger partial charge in [0.1, 0.15) is 0 Å². The molecule has 3 unspecified atom stereocenters. The summed E-state index contributed by atoms with van der Waals surface area (Å²) in [5, 5.41) is 0. The molecule has 0 aromatic heterocycles. The van der Waals surface area contributed by atoms with Crippen molar-refractivity contribution in [2.45, 2.75) is 165 Å². The summed E-state index contributed by atoms with van der Waals surface area (Å²) in [6.45, 7) is 25.7. The molecule has 0 spiro atoms. The molecule has 0 rings (SSSR count). The minimum Gasteiger partial charge on any atom is -0.301 e. The Morgan fingerprint density at radius 2 is 0.969 bits per heavy atom. The maximum atomic E-state index is 2.74. The summed E-state index contributed by atoms with van der Waals surface area (Å²) < 4.78 is 0. The van der Waals surface area contributed by atoms with Gasteiger partial charge in [-0.25, -0.2) is 0 Å². The Labute approximate surface area is 206 Å². The number of hydrogen-bond donors (Lipinski definition) is 0. The lowest BCUT2D eigenvalue weighted by molar-refractivity contribution is 0.0850. The lowest BCUT2D eigenvalue weighted by atomic mass is 9.75. The van der Waals surface area contributed by atoms with Crippen LogP contribution < -0.4 is 0 Å². The number of nitrogens with zero attached hydrogens (tertiary/aromatic N) is 1. The van der Waals surface area contributed by atoms with Gasteiger partial charge in [-0.1, -0.05) is 146 Å². The van der Waals surface area contributed by atoms with Gasteiger partial charge >= 0.3 is 0 Å². The van der Waals surface area contributed by atoms with Crippen LogP contribution in [0, 0.1) is 23.7 Å². The zero-order chi connectivity index (χ0) is 24.8. The van der Waals surface area contributed by atoms with Crippen molar-refractivity contribution in [2.75, 3.05) is 13.1 Å². The van der Waals surface area contributed by atoms with Gasteiger partial charge in [-0.2, -0.15) is 0 Å². The van der Waals surface area contributed by atoms with Gasteiger partial charge in [0.2, 0.25) is 0 Å². The van der Waals surface area contributed by atoms with Crippen LogP contribution in [0.3, 0.4) is 0 Å². The summed E-state index contributed by atoms with van der Waals surface area (Å²) >= 11 is 0. The molecule has 0 aliphatic rings. The molecule has 0 aliphatic carbocycles. The van der Waals surface area contributed by atoms with Crippen LogP contribution in [0.4, 0.5) is 0 Å². The Hall–Kier alpha value is -0.0400. The van der Waals surface area contributed by atoms with Crippen molar-refractivity contribution < 1.29 is 0 Å². The Kier molecular flexibility index (Phi) is 25.7. The molecule has 0 saturated carbocycles. The monoisotopic (exact) mass is 454 g/mol. The van der Waals surface area contributed by atoms with Gasteiger partial charge in [-0.15, -0.1) is 0 Å². The van der Waals surface area contributed by atoms with Crippen molar-refractivity contribution in [1.29, 1.82) is 0 Å². The van der Waals surface area contributed by atoms with E-state index in [2.05, 4.69) is 60.3 Å². The molecule has 0 aliphatic heterocycles. The zero-order valence-electron chi connectivity index (χ0n) is 24.6. The topological polar surface area (TPSA) is 3.24 Å². The summed E-state index contributed by atoms with van der Waals surface area (Å²) in [5.41, 5.74) is 0. The van der Waals surface area contributed by atoms with Crippen LogP contribution in [0.1, 0.15) is 159 Å². The predicted molar refractivity (Wildman–Crippen MR) is 151 cm³/mol. The molecule has 0 aromatic rings. The second-order valence-electron chi connectivity index (χ2n) is 10.9. The average molecular weight is 454 g/mol. The summed E-state index contributed by atoms with van der Waals surface area (Å²) in [7, 11) is 0. The number of hydrogen-bond acceptors (Lipinski definition) is 1. The van der Waals surface area contributed by atoms with E-state index in [4.69, 9.17) is 0 Å². The summed E-state index contributed by atoms with van der Waals surface area (Å²) in [5.74, 6) is 3.27. The first-order valence-corrected chi connectivity index (χ1v) is 15.1. The van der Waals surface area contributed by atoms with Gasteiger partial charge in [-0.05, 0) is 49.6 Å². The molecular formula is C31H67N. The SMILES string of the molecule is CC.CCCCCCCCCCCCCCC(C(C)C)C(C)C(CC(C)C)N(CC)CC. The molecule has 0 radical (unpaired) electrons. The molecule has 0 bridgehead atoms. The quantitative estimate of drug-likeness (QED) is 0.156. The normalized spacial score (nSPS) is 14.5. The van der Waals surface area contributed by atoms with Crippen molar-refractivity contribution in [3.05, 3.63) is 0 Å². The highest BCUT2D eigenvalue weighted by Gasteiger charge is 2.30. The number of rotatable bonds is 21. The van der Waals surface area contributed by atoms with Crippen molar-refractivity contribution in [2.24, 2.45) is 23.7 Å². The fourth-order valence-electron chi connectivity index (χ4n) is 5.58. The third kappa shape index (κ3) is 17.4. The average Bonchev–Trinajstić information content (AvgIpc) is 2.77. The van der Waals surface area contributed by atoms with E-state index in [9.17, 15) is 0 Å². The van der Waals surface area contributed by atoms with Crippen LogP contribution in [0.15, 0.2) is 0 Å². The van der Waals surface area contributed by atoms with E-state index in [0.717, 1.165) is 29.7 Å². The van der Waals surface area contributed by atoms with Crippen molar-refractivity contribution in [3.8, 4) is 0 Å². The molecule has 0 amide bonds. The van der Waals surface area contributed by atoms with Crippen LogP contribution >= 0.6 is 0 Å². The smallest absolute Gasteiger partial charge is 0.0126 e. The molecule has 0 saturated heterocycles. The lowest BCUT2D eigenvalue weighted by Gasteiger charge is -2.41. The third-order valence-electron chi connectivity index (χ3n) is 7.52. The van der Waals surface area contributed by atoms with E-state index in [1.165, 1.54) is 103 Å². The van der Waals surface area contributed by atoms with Gasteiger partial charge in [0.25, 0.3) is 0 Å². The van der Waals surface area contributed by atoms with Crippen LogP contribution in [-0.4, -0.2) is 24.0 Å². The molecule has 3 atom stereocenters. The maximum absolute atomic E-state index is 2.74. The van der Waals surface area contributed by atoms with Crippen molar-refractivity contribution >= 4 is 0 Å². The van der Waals surface area contributed by atoms with Crippen LogP contribution in [0.5, 0.6) is 0 Å². The first-order valence-electron chi connectivity index (χ1n) is 15.1. The summed E-state index contributed by atoms with van der Waals surface area (Å²) in [6, 6.07) is 0.754. The van der Waals surface area contributed by atoms with Crippen LogP contribution in [0.25, 0.3) is 0 Å². The Balaban J connectivity index is 0. The first-order chi connectivity index (χ1) is 15.4. The second-order valence-corrected chi connectivity index (χ2v) is 10.9. The van der Waals surface area contributed by atoms with Gasteiger partial charge in [0, 0.05) is 6.04 Å². The molecule has 0 N–H and O–H groups in total. The highest BCUT2D eigenvalue weighted by Crippen LogP contribution is 2.33. The van der Waals surface area contributed by atoms with E-state index in [1.807, 2.05) is 13.8 Å². The highest BCUT2D eigenvalue weighted by atomic mass is 15.1. The summed E-state index contributed by atoms with van der Waals surface area (Å²) in [4.78, 5) is 2.74. The molecule has 0 fully saturated rings. The minimum absolute atomic E-state index is 0.754. The molecule has 1 nitrogen and oxygen atoms in total. The van der Waals surface area contributed by atoms with Gasteiger partial charge in [-0.3, -0.25) is 0 Å². The zero-order valence-corrected chi connectivity index (χ0v) is 24.6. The van der Waals surface area contributed by atoms with Gasteiger partial charge in [0.15, 0.2) is 0 Å². The highest BCUT2D eigenvalue weighted by molar-refractivity contribution is 4.83.